The molecule has 0 bridgehead atoms. The third kappa shape index (κ3) is 10.9. The lowest BCUT2D eigenvalue weighted by molar-refractivity contribution is -0.138. The van der Waals surface area contributed by atoms with Crippen molar-refractivity contribution in [3.05, 3.63) is 102 Å². The fourth-order valence-electron chi connectivity index (χ4n) is 5.34. The van der Waals surface area contributed by atoms with E-state index in [2.05, 4.69) is 21.3 Å². The maximum Gasteiger partial charge on any atom is 0.255 e. The Morgan fingerprint density at radius 3 is 2.19 bits per heavy atom. The van der Waals surface area contributed by atoms with Gasteiger partial charge in [0.25, 0.3) is 5.91 Å². The van der Waals surface area contributed by atoms with Crippen LogP contribution in [0.15, 0.2) is 84.9 Å². The maximum absolute atomic E-state index is 13.7. The fourth-order valence-corrected chi connectivity index (χ4v) is 5.34. The first-order valence-electron chi connectivity index (χ1n) is 15.9. The molecular formula is C36H43N5O7. The highest BCUT2D eigenvalue weighted by molar-refractivity contribution is 6.01. The third-order valence-electron chi connectivity index (χ3n) is 7.77. The van der Waals surface area contributed by atoms with Crippen molar-refractivity contribution in [1.29, 1.82) is 0 Å². The van der Waals surface area contributed by atoms with E-state index in [1.807, 2.05) is 60.7 Å². The summed E-state index contributed by atoms with van der Waals surface area (Å²) in [5.41, 5.74) is 1.90. The number of likely N-dealkylation sites (N-methyl/N-ethyl adjacent to an activating group) is 1. The van der Waals surface area contributed by atoms with Gasteiger partial charge >= 0.3 is 0 Å². The molecule has 3 aromatic carbocycles. The van der Waals surface area contributed by atoms with Gasteiger partial charge in [-0.1, -0.05) is 72.8 Å². The maximum atomic E-state index is 13.7. The standard InChI is InChI=1S/C36H43N5O7/c1-41-23-33(43)38-27(20-25-12-5-3-6-13-25)24-48-31-17-10-9-16-28(31)34(44)40-29(35(45)37-18-11-19-47-2)22-32(42)39-30(36(41)46)21-26-14-7-4-8-15-26/h3-10,12-17,27,29-30H,11,18-24H2,1-2H3,(H,37,45)(H,38,43)(H,39,42)(H,40,44)/t27-,29+,30+/m1/s1. The first-order chi connectivity index (χ1) is 23.2. The number of nitrogens with zero attached hydrogens (tertiary/aromatic N) is 1. The van der Waals surface area contributed by atoms with Crippen molar-refractivity contribution in [2.75, 3.05) is 40.5 Å². The van der Waals surface area contributed by atoms with Gasteiger partial charge in [-0.2, -0.15) is 0 Å². The van der Waals surface area contributed by atoms with Crippen molar-refractivity contribution in [3.63, 3.8) is 0 Å². The Kier molecular flexibility index (Phi) is 13.5. The van der Waals surface area contributed by atoms with E-state index in [0.717, 1.165) is 11.1 Å². The molecule has 0 unspecified atom stereocenters. The predicted molar refractivity (Wildman–Crippen MR) is 179 cm³/mol. The Morgan fingerprint density at radius 2 is 1.50 bits per heavy atom. The van der Waals surface area contributed by atoms with Gasteiger partial charge in [0.05, 0.1) is 24.6 Å². The van der Waals surface area contributed by atoms with Crippen LogP contribution >= 0.6 is 0 Å². The lowest BCUT2D eigenvalue weighted by Crippen LogP contribution is -2.54. The molecule has 1 heterocycles. The van der Waals surface area contributed by atoms with Crippen LogP contribution in [0, 0.1) is 0 Å². The number of ether oxygens (including phenoxy) is 2. The molecule has 5 amide bonds. The average molecular weight is 658 g/mol. The summed E-state index contributed by atoms with van der Waals surface area (Å²) in [6.45, 7) is 0.434. The number of benzene rings is 3. The largest absolute Gasteiger partial charge is 0.491 e. The van der Waals surface area contributed by atoms with E-state index < -0.39 is 54.1 Å². The Bertz CT molecular complexity index is 1540. The van der Waals surface area contributed by atoms with Crippen molar-refractivity contribution in [1.82, 2.24) is 26.2 Å². The van der Waals surface area contributed by atoms with E-state index in [0.29, 0.717) is 19.4 Å². The van der Waals surface area contributed by atoms with Gasteiger partial charge in [0.1, 0.15) is 24.4 Å². The van der Waals surface area contributed by atoms with E-state index in [1.54, 1.807) is 31.4 Å². The molecule has 12 heteroatoms. The number of amides is 5. The summed E-state index contributed by atoms with van der Waals surface area (Å²) in [5, 5.41) is 11.2. The van der Waals surface area contributed by atoms with Crippen LogP contribution in [-0.2, 0) is 36.8 Å². The molecule has 4 N–H and O–H groups in total. The number of carbonyl (C=O) groups excluding carboxylic acids is 5. The lowest BCUT2D eigenvalue weighted by Gasteiger charge is -2.26. The number of methoxy groups -OCH3 is 1. The summed E-state index contributed by atoms with van der Waals surface area (Å²) >= 11 is 0. The average Bonchev–Trinajstić information content (AvgIpc) is 3.08. The van der Waals surface area contributed by atoms with Crippen LogP contribution in [-0.4, -0.2) is 93.0 Å². The number of hydrogen-bond acceptors (Lipinski definition) is 7. The summed E-state index contributed by atoms with van der Waals surface area (Å²) in [6.07, 6.45) is 0.668. The molecule has 0 fully saturated rings. The van der Waals surface area contributed by atoms with Gasteiger partial charge in [0.2, 0.25) is 23.6 Å². The molecule has 0 aliphatic carbocycles. The fraction of sp³-hybridized carbons (Fsp3) is 0.361. The minimum Gasteiger partial charge on any atom is -0.491 e. The van der Waals surface area contributed by atoms with Crippen LogP contribution in [0.5, 0.6) is 5.75 Å². The van der Waals surface area contributed by atoms with Crippen LogP contribution in [0.1, 0.15) is 34.3 Å². The first-order valence-corrected chi connectivity index (χ1v) is 15.9. The van der Waals surface area contributed by atoms with Crippen molar-refractivity contribution < 1.29 is 33.4 Å². The van der Waals surface area contributed by atoms with Crippen LogP contribution in [0.2, 0.25) is 0 Å². The Morgan fingerprint density at radius 1 is 0.854 bits per heavy atom. The minimum atomic E-state index is -1.26. The van der Waals surface area contributed by atoms with Crippen LogP contribution in [0.3, 0.4) is 0 Å². The van der Waals surface area contributed by atoms with Crippen LogP contribution in [0.4, 0.5) is 0 Å². The molecule has 12 nitrogen and oxygen atoms in total. The zero-order chi connectivity index (χ0) is 34.3. The van der Waals surface area contributed by atoms with Gasteiger partial charge < -0.3 is 35.6 Å². The van der Waals surface area contributed by atoms with Crippen LogP contribution in [0.25, 0.3) is 0 Å². The normalized spacial score (nSPS) is 19.5. The summed E-state index contributed by atoms with van der Waals surface area (Å²) in [6, 6.07) is 22.4. The second-order valence-corrected chi connectivity index (χ2v) is 11.6. The molecule has 0 aromatic heterocycles. The molecule has 3 aromatic rings. The molecule has 3 atom stereocenters. The molecule has 0 saturated carbocycles. The van der Waals surface area contributed by atoms with Crippen LogP contribution < -0.4 is 26.0 Å². The molecule has 0 spiro atoms. The van der Waals surface area contributed by atoms with Crippen molar-refractivity contribution >= 4 is 29.5 Å². The van der Waals surface area contributed by atoms with Crippen molar-refractivity contribution in [2.24, 2.45) is 0 Å². The highest BCUT2D eigenvalue weighted by Gasteiger charge is 2.30. The highest BCUT2D eigenvalue weighted by Crippen LogP contribution is 2.19. The summed E-state index contributed by atoms with van der Waals surface area (Å²) in [4.78, 5) is 68.7. The Hall–Kier alpha value is -5.23. The molecule has 1 aliphatic rings. The molecule has 4 rings (SSSR count). The number of nitrogens with one attached hydrogen (secondary N) is 4. The smallest absolute Gasteiger partial charge is 0.255 e. The number of fused-ring (bicyclic) bond motifs is 1. The van der Waals surface area contributed by atoms with E-state index >= 15 is 0 Å². The second-order valence-electron chi connectivity index (χ2n) is 11.6. The number of para-hydroxylation sites is 1. The predicted octanol–water partition coefficient (Wildman–Crippen LogP) is 1.63. The van der Waals surface area contributed by atoms with Gasteiger partial charge in [-0.3, -0.25) is 24.0 Å². The minimum absolute atomic E-state index is 0.0165. The molecule has 0 saturated heterocycles. The zero-order valence-electron chi connectivity index (χ0n) is 27.3. The second kappa shape index (κ2) is 18.2. The molecule has 48 heavy (non-hydrogen) atoms. The number of rotatable bonds is 9. The third-order valence-corrected chi connectivity index (χ3v) is 7.77. The van der Waals surface area contributed by atoms with E-state index in [1.165, 1.54) is 11.9 Å². The summed E-state index contributed by atoms with van der Waals surface area (Å²) in [7, 11) is 3.05. The van der Waals surface area contributed by atoms with Gasteiger partial charge in [0, 0.05) is 33.7 Å². The van der Waals surface area contributed by atoms with E-state index in [4.69, 9.17) is 9.47 Å². The molecule has 254 valence electrons. The molecule has 1 aliphatic heterocycles. The van der Waals surface area contributed by atoms with Crippen molar-refractivity contribution in [3.8, 4) is 5.75 Å². The summed E-state index contributed by atoms with van der Waals surface area (Å²) < 4.78 is 11.2. The quantitative estimate of drug-likeness (QED) is 0.255. The van der Waals surface area contributed by atoms with Gasteiger partial charge in [-0.25, -0.2) is 0 Å². The highest BCUT2D eigenvalue weighted by atomic mass is 16.5. The molecular weight excluding hydrogens is 614 g/mol. The number of hydrogen-bond donors (Lipinski definition) is 4. The van der Waals surface area contributed by atoms with E-state index in [9.17, 15) is 24.0 Å². The number of carbonyl (C=O) groups is 5. The molecule has 0 radical (unpaired) electrons. The van der Waals surface area contributed by atoms with Gasteiger partial charge in [-0.15, -0.1) is 0 Å². The van der Waals surface area contributed by atoms with Crippen molar-refractivity contribution in [2.45, 2.75) is 43.8 Å². The van der Waals surface area contributed by atoms with E-state index in [-0.39, 0.29) is 37.4 Å². The topological polar surface area (TPSA) is 155 Å². The Balaban J connectivity index is 1.66. The van der Waals surface area contributed by atoms with Gasteiger partial charge in [0.15, 0.2) is 0 Å². The SMILES string of the molecule is COCCCNC(=O)[C@@H]1CC(=O)N[C@@H](Cc2ccccc2)C(=O)N(C)CC(=O)N[C@H](Cc2ccccc2)COc2ccccc2C(=O)N1. The zero-order valence-corrected chi connectivity index (χ0v) is 27.3. The Labute approximate surface area is 280 Å². The lowest BCUT2D eigenvalue weighted by atomic mass is 10.0. The summed E-state index contributed by atoms with van der Waals surface area (Å²) in [5.74, 6) is -2.48. The van der Waals surface area contributed by atoms with Gasteiger partial charge in [-0.05, 0) is 36.1 Å². The first kappa shape index (κ1) is 35.6. The monoisotopic (exact) mass is 657 g/mol.